The lowest BCUT2D eigenvalue weighted by atomic mass is 9.98. The zero-order chi connectivity index (χ0) is 31.8. The Hall–Kier alpha value is -1.05. The summed E-state index contributed by atoms with van der Waals surface area (Å²) >= 11 is 12.1. The molecule has 1 aliphatic heterocycles. The van der Waals surface area contributed by atoms with Gasteiger partial charge in [0.1, 0.15) is 30.5 Å². The van der Waals surface area contributed by atoms with Crippen molar-refractivity contribution in [1.29, 1.82) is 0 Å². The highest BCUT2D eigenvalue weighted by Gasteiger charge is 2.44. The Morgan fingerprint density at radius 2 is 1.49 bits per heavy atom. The zero-order valence-corrected chi connectivity index (χ0v) is 26.6. The molecule has 1 aromatic rings. The number of rotatable bonds is 21. The van der Waals surface area contributed by atoms with Gasteiger partial charge in [0.15, 0.2) is 6.29 Å². The van der Waals surface area contributed by atoms with Crippen molar-refractivity contribution < 1.29 is 44.9 Å². The molecule has 1 saturated heterocycles. The van der Waals surface area contributed by atoms with Crippen LogP contribution in [0.2, 0.25) is 10.0 Å². The molecule has 10 nitrogen and oxygen atoms in total. The second kappa shape index (κ2) is 20.9. The van der Waals surface area contributed by atoms with Crippen molar-refractivity contribution in [3.05, 3.63) is 33.8 Å². The van der Waals surface area contributed by atoms with Gasteiger partial charge in [-0.05, 0) is 24.6 Å². The van der Waals surface area contributed by atoms with Gasteiger partial charge in [0.25, 0.3) is 5.91 Å². The van der Waals surface area contributed by atoms with E-state index in [1.165, 1.54) is 69.6 Å². The number of aliphatic hydroxyl groups is 6. The molecule has 1 heterocycles. The lowest BCUT2D eigenvalue weighted by Crippen LogP contribution is -2.60. The van der Waals surface area contributed by atoms with Crippen LogP contribution in [0, 0.1) is 0 Å². The monoisotopic (exact) mass is 651 g/mol. The van der Waals surface area contributed by atoms with Crippen LogP contribution in [0.15, 0.2) is 18.2 Å². The number of hydrogen-bond acceptors (Lipinski definition) is 9. The van der Waals surface area contributed by atoms with E-state index in [-0.39, 0.29) is 10.6 Å². The molecule has 43 heavy (non-hydrogen) atoms. The summed E-state index contributed by atoms with van der Waals surface area (Å²) in [6.45, 7) is 1.15. The molecule has 0 aromatic heterocycles. The third-order valence-corrected chi connectivity index (χ3v) is 8.49. The fourth-order valence-corrected chi connectivity index (χ4v) is 5.68. The van der Waals surface area contributed by atoms with E-state index in [2.05, 4.69) is 12.2 Å². The normalized spacial score (nSPS) is 24.4. The van der Waals surface area contributed by atoms with Gasteiger partial charge >= 0.3 is 0 Å². The fraction of sp³-hybridized carbons (Fsp3) is 0.774. The Balaban J connectivity index is 1.90. The third kappa shape index (κ3) is 13.1. The molecule has 7 N–H and O–H groups in total. The van der Waals surface area contributed by atoms with Crippen LogP contribution in [0.5, 0.6) is 0 Å². The van der Waals surface area contributed by atoms with E-state index in [0.29, 0.717) is 17.9 Å². The van der Waals surface area contributed by atoms with E-state index in [0.717, 1.165) is 19.3 Å². The molecule has 1 aromatic carbocycles. The zero-order valence-electron chi connectivity index (χ0n) is 25.1. The molecule has 1 fully saturated rings. The molecule has 0 radical (unpaired) electrons. The Morgan fingerprint density at radius 1 is 0.907 bits per heavy atom. The average Bonchev–Trinajstić information content (AvgIpc) is 2.98. The molecular weight excluding hydrogens is 601 g/mol. The predicted molar refractivity (Wildman–Crippen MR) is 165 cm³/mol. The molecular formula is C31H51Cl2NO9. The van der Waals surface area contributed by atoms with Crippen molar-refractivity contribution in [2.45, 2.75) is 139 Å². The number of carbonyl (C=O) groups excluding carboxylic acids is 1. The van der Waals surface area contributed by atoms with Crippen molar-refractivity contribution in [1.82, 2.24) is 5.32 Å². The highest BCUT2D eigenvalue weighted by molar-refractivity contribution is 6.36. The summed E-state index contributed by atoms with van der Waals surface area (Å²) < 4.78 is 11.0. The summed E-state index contributed by atoms with van der Waals surface area (Å²) in [7, 11) is 0. The van der Waals surface area contributed by atoms with Gasteiger partial charge in [-0.25, -0.2) is 0 Å². The van der Waals surface area contributed by atoms with E-state index < -0.39 is 68.1 Å². The van der Waals surface area contributed by atoms with Crippen LogP contribution in [0.25, 0.3) is 0 Å². The Kier molecular flexibility index (Phi) is 18.5. The number of amides is 1. The first-order chi connectivity index (χ1) is 20.6. The molecule has 12 heteroatoms. The molecule has 8 atom stereocenters. The van der Waals surface area contributed by atoms with Gasteiger partial charge in [0.05, 0.1) is 35.9 Å². The van der Waals surface area contributed by atoms with Gasteiger partial charge in [0, 0.05) is 5.02 Å². The average molecular weight is 653 g/mol. The first-order valence-electron chi connectivity index (χ1n) is 15.6. The minimum absolute atomic E-state index is 0.0881. The topological polar surface area (TPSA) is 169 Å². The second-order valence-corrected chi connectivity index (χ2v) is 12.3. The molecule has 0 saturated carbocycles. The largest absolute Gasteiger partial charge is 0.394 e. The van der Waals surface area contributed by atoms with E-state index in [9.17, 15) is 35.4 Å². The summed E-state index contributed by atoms with van der Waals surface area (Å²) in [5.41, 5.74) is 0.0894. The lowest BCUT2D eigenvalue weighted by molar-refractivity contribution is -0.303. The number of benzene rings is 1. The van der Waals surface area contributed by atoms with E-state index in [4.69, 9.17) is 32.7 Å². The highest BCUT2D eigenvalue weighted by Crippen LogP contribution is 2.24. The van der Waals surface area contributed by atoms with Gasteiger partial charge in [-0.2, -0.15) is 0 Å². The summed E-state index contributed by atoms with van der Waals surface area (Å²) in [5, 5.41) is 64.7. The fourth-order valence-electron chi connectivity index (χ4n) is 5.18. The maximum atomic E-state index is 13.0. The van der Waals surface area contributed by atoms with Crippen LogP contribution in [-0.2, 0) is 9.47 Å². The van der Waals surface area contributed by atoms with Gasteiger partial charge in [-0.15, -0.1) is 0 Å². The van der Waals surface area contributed by atoms with Crippen molar-refractivity contribution in [3.8, 4) is 0 Å². The van der Waals surface area contributed by atoms with E-state index in [1.807, 2.05) is 0 Å². The number of halogens is 2. The molecule has 248 valence electrons. The molecule has 3 unspecified atom stereocenters. The minimum Gasteiger partial charge on any atom is -0.394 e. The van der Waals surface area contributed by atoms with Crippen LogP contribution in [-0.4, -0.2) is 98.7 Å². The number of nitrogens with one attached hydrogen (secondary N) is 1. The number of unbranched alkanes of at least 4 members (excludes halogenated alkanes) is 11. The van der Waals surface area contributed by atoms with Crippen molar-refractivity contribution in [3.63, 3.8) is 0 Å². The van der Waals surface area contributed by atoms with E-state index >= 15 is 0 Å². The van der Waals surface area contributed by atoms with Crippen LogP contribution < -0.4 is 5.32 Å². The molecule has 0 spiro atoms. The first-order valence-corrected chi connectivity index (χ1v) is 16.4. The maximum Gasteiger partial charge on any atom is 0.253 e. The number of hydrogen-bond donors (Lipinski definition) is 7. The van der Waals surface area contributed by atoms with Gasteiger partial charge in [-0.3, -0.25) is 4.79 Å². The maximum absolute atomic E-state index is 13.0. The molecule has 0 bridgehead atoms. The molecule has 1 aliphatic rings. The highest BCUT2D eigenvalue weighted by atomic mass is 35.5. The number of ether oxygens (including phenoxy) is 2. The Labute approximate surface area is 265 Å². The van der Waals surface area contributed by atoms with E-state index in [1.54, 1.807) is 0 Å². The van der Waals surface area contributed by atoms with Crippen LogP contribution in [0.1, 0.15) is 101 Å². The standard InChI is InChI=1S/C31H51Cl2NO9/c1-2-3-4-5-6-7-8-9-10-11-12-13-14-24(36)26(37)23(34-30(41)21-16-15-20(32)17-22(21)33)19-42-31-29(40)28(39)27(38)25(18-35)43-31/h15-17,23-29,31,35-40H,2-14,18-19H2,1H3,(H,34,41)/t23?,24?,25-,26?,27+,28+,29-,31+/m1/s1. The van der Waals surface area contributed by atoms with Gasteiger partial charge < -0.3 is 45.4 Å². The Morgan fingerprint density at radius 3 is 2.05 bits per heavy atom. The lowest BCUT2D eigenvalue weighted by Gasteiger charge is -2.40. The van der Waals surface area contributed by atoms with Gasteiger partial charge in [0.2, 0.25) is 0 Å². The molecule has 2 rings (SSSR count). The number of aliphatic hydroxyl groups excluding tert-OH is 6. The van der Waals surface area contributed by atoms with Crippen molar-refractivity contribution >= 4 is 29.1 Å². The summed E-state index contributed by atoms with van der Waals surface area (Å²) in [6.07, 6.45) is 4.07. The minimum atomic E-state index is -1.66. The summed E-state index contributed by atoms with van der Waals surface area (Å²) in [6, 6.07) is 3.14. The number of carbonyl (C=O) groups is 1. The van der Waals surface area contributed by atoms with Crippen molar-refractivity contribution in [2.24, 2.45) is 0 Å². The van der Waals surface area contributed by atoms with Gasteiger partial charge in [-0.1, -0.05) is 107 Å². The second-order valence-electron chi connectivity index (χ2n) is 11.5. The third-order valence-electron chi connectivity index (χ3n) is 7.94. The summed E-state index contributed by atoms with van der Waals surface area (Å²) in [5.74, 6) is -0.652. The predicted octanol–water partition coefficient (Wildman–Crippen LogP) is 3.72. The molecule has 1 amide bonds. The van der Waals surface area contributed by atoms with Crippen LogP contribution in [0.4, 0.5) is 0 Å². The Bertz CT molecular complexity index is 925. The smallest absolute Gasteiger partial charge is 0.253 e. The first kappa shape index (κ1) is 38.1. The van der Waals surface area contributed by atoms with Crippen LogP contribution >= 0.6 is 23.2 Å². The quantitative estimate of drug-likeness (QED) is 0.0979. The van der Waals surface area contributed by atoms with Crippen LogP contribution in [0.3, 0.4) is 0 Å². The molecule has 0 aliphatic carbocycles. The van der Waals surface area contributed by atoms with Crippen molar-refractivity contribution in [2.75, 3.05) is 13.2 Å². The SMILES string of the molecule is CCCCCCCCCCCCCCC(O)C(O)C(CO[C@H]1O[C@H](CO)[C@H](O)[C@H](O)[C@H]1O)NC(=O)c1ccc(Cl)cc1Cl. The summed E-state index contributed by atoms with van der Waals surface area (Å²) in [4.78, 5) is 13.0.